The van der Waals surface area contributed by atoms with Crippen molar-refractivity contribution in [3.8, 4) is 22.9 Å². The molecule has 3 aromatic rings. The van der Waals surface area contributed by atoms with Crippen LogP contribution in [0.2, 0.25) is 0 Å². The first-order valence-electron chi connectivity index (χ1n) is 8.30. The molecule has 0 saturated heterocycles. The fourth-order valence-corrected chi connectivity index (χ4v) is 4.03. The number of hydrogen-bond acceptors (Lipinski definition) is 6. The van der Waals surface area contributed by atoms with E-state index >= 15 is 0 Å². The quantitative estimate of drug-likeness (QED) is 0.470. The van der Waals surface area contributed by atoms with Crippen LogP contribution in [0.3, 0.4) is 0 Å². The van der Waals surface area contributed by atoms with Crippen LogP contribution in [0, 0.1) is 0 Å². The zero-order chi connectivity index (χ0) is 20.1. The van der Waals surface area contributed by atoms with Crippen molar-refractivity contribution in [2.45, 2.75) is 21.6 Å². The first kappa shape index (κ1) is 20.5. The lowest BCUT2D eigenvalue weighted by Crippen LogP contribution is -1.96. The lowest BCUT2D eigenvalue weighted by molar-refractivity contribution is 0.251. The van der Waals surface area contributed by atoms with E-state index in [1.54, 1.807) is 19.2 Å². The Morgan fingerprint density at radius 1 is 1.04 bits per heavy atom. The van der Waals surface area contributed by atoms with Crippen molar-refractivity contribution in [3.05, 3.63) is 48.0 Å². The van der Waals surface area contributed by atoms with Gasteiger partial charge in [0, 0.05) is 18.4 Å². The molecule has 0 unspecified atom stereocenters. The second kappa shape index (κ2) is 9.29. The number of alkyl halides is 2. The highest BCUT2D eigenvalue weighted by atomic mass is 32.2. The molecular weight excluding hydrogens is 404 g/mol. The van der Waals surface area contributed by atoms with Gasteiger partial charge < -0.3 is 14.0 Å². The fraction of sp³-hybridized carbons (Fsp3) is 0.263. The number of rotatable bonds is 8. The van der Waals surface area contributed by atoms with Gasteiger partial charge in [0.25, 0.3) is 5.76 Å². The molecule has 0 aliphatic rings. The highest BCUT2D eigenvalue weighted by molar-refractivity contribution is 7.99. The third-order valence-corrected chi connectivity index (χ3v) is 5.86. The molecule has 2 aromatic carbocycles. The van der Waals surface area contributed by atoms with Crippen LogP contribution in [0.5, 0.6) is 11.5 Å². The van der Waals surface area contributed by atoms with Gasteiger partial charge >= 0.3 is 0 Å². The molecule has 1 aromatic heterocycles. The van der Waals surface area contributed by atoms with E-state index in [-0.39, 0.29) is 0 Å². The Morgan fingerprint density at radius 3 is 2.43 bits per heavy atom. The van der Waals surface area contributed by atoms with E-state index in [9.17, 15) is 8.78 Å². The predicted molar refractivity (Wildman–Crippen MR) is 107 cm³/mol. The largest absolute Gasteiger partial charge is 0.497 e. The summed E-state index contributed by atoms with van der Waals surface area (Å²) in [5, 5.41) is 9.29. The minimum Gasteiger partial charge on any atom is -0.497 e. The molecule has 5 nitrogen and oxygen atoms in total. The topological polar surface area (TPSA) is 49.2 Å². The monoisotopic (exact) mass is 423 g/mol. The van der Waals surface area contributed by atoms with E-state index in [0.29, 0.717) is 28.2 Å². The van der Waals surface area contributed by atoms with Crippen molar-refractivity contribution in [1.29, 1.82) is 0 Å². The Labute approximate surface area is 170 Å². The maximum atomic E-state index is 12.6. The van der Waals surface area contributed by atoms with E-state index in [1.165, 1.54) is 18.9 Å². The maximum absolute atomic E-state index is 12.6. The second-order valence-corrected chi connectivity index (χ2v) is 7.72. The minimum atomic E-state index is -2.48. The Kier molecular flexibility index (Phi) is 6.79. The summed E-state index contributed by atoms with van der Waals surface area (Å²) in [7, 11) is 5.01. The summed E-state index contributed by atoms with van der Waals surface area (Å²) in [4.78, 5) is 0.423. The molecule has 0 aliphatic carbocycles. The van der Waals surface area contributed by atoms with Crippen molar-refractivity contribution in [3.63, 3.8) is 0 Å². The third-order valence-electron chi connectivity index (χ3n) is 4.00. The zero-order valence-corrected chi connectivity index (χ0v) is 17.2. The molecule has 1 heterocycles. The third kappa shape index (κ3) is 4.77. The van der Waals surface area contributed by atoms with Gasteiger partial charge in [-0.15, -0.1) is 10.2 Å². The molecule has 0 N–H and O–H groups in total. The van der Waals surface area contributed by atoms with Crippen LogP contribution >= 0.6 is 23.5 Å². The van der Waals surface area contributed by atoms with E-state index in [2.05, 4.69) is 10.2 Å². The fourth-order valence-electron chi connectivity index (χ4n) is 2.58. The van der Waals surface area contributed by atoms with Gasteiger partial charge in [0.1, 0.15) is 11.5 Å². The molecule has 0 bridgehead atoms. The maximum Gasteiger partial charge on any atom is 0.289 e. The lowest BCUT2D eigenvalue weighted by atomic mass is 10.2. The second-order valence-electron chi connectivity index (χ2n) is 5.75. The summed E-state index contributed by atoms with van der Waals surface area (Å²) in [5.74, 6) is 0.114. The molecule has 0 fully saturated rings. The molecular formula is C19H19F2N3O2S2. The van der Waals surface area contributed by atoms with Gasteiger partial charge in [-0.05, 0) is 42.0 Å². The van der Waals surface area contributed by atoms with Crippen molar-refractivity contribution in [2.24, 2.45) is 7.05 Å². The smallest absolute Gasteiger partial charge is 0.289 e. The molecule has 28 heavy (non-hydrogen) atoms. The number of hydrogen-bond donors (Lipinski definition) is 0. The van der Waals surface area contributed by atoms with Gasteiger partial charge in [0.15, 0.2) is 11.0 Å². The van der Waals surface area contributed by atoms with Crippen molar-refractivity contribution < 1.29 is 18.3 Å². The number of thioether (sulfide) groups is 2. The molecule has 9 heteroatoms. The van der Waals surface area contributed by atoms with Crippen molar-refractivity contribution >= 4 is 23.5 Å². The van der Waals surface area contributed by atoms with Crippen molar-refractivity contribution in [1.82, 2.24) is 14.8 Å². The number of nitrogens with zero attached hydrogens (tertiary/aromatic N) is 3. The van der Waals surface area contributed by atoms with Gasteiger partial charge in [-0.3, -0.25) is 0 Å². The van der Waals surface area contributed by atoms with Gasteiger partial charge in [0.05, 0.1) is 19.1 Å². The average molecular weight is 424 g/mol. The van der Waals surface area contributed by atoms with Gasteiger partial charge in [-0.1, -0.05) is 29.6 Å². The molecule has 0 radical (unpaired) electrons. The van der Waals surface area contributed by atoms with Crippen LogP contribution in [0.25, 0.3) is 11.4 Å². The normalized spacial score (nSPS) is 11.1. The van der Waals surface area contributed by atoms with E-state index in [4.69, 9.17) is 9.47 Å². The zero-order valence-electron chi connectivity index (χ0n) is 15.6. The molecule has 0 saturated carbocycles. The van der Waals surface area contributed by atoms with Crippen LogP contribution in [-0.2, 0) is 12.8 Å². The predicted octanol–water partition coefficient (Wildman–Crippen LogP) is 5.11. The summed E-state index contributed by atoms with van der Waals surface area (Å²) in [6.45, 7) is 0. The van der Waals surface area contributed by atoms with Gasteiger partial charge in [-0.25, -0.2) is 0 Å². The Morgan fingerprint density at radius 2 is 1.79 bits per heavy atom. The minimum absolute atomic E-state index is 0.423. The summed E-state index contributed by atoms with van der Waals surface area (Å²) in [6, 6.07) is 12.9. The molecule has 0 spiro atoms. The van der Waals surface area contributed by atoms with Crippen LogP contribution in [-0.4, -0.2) is 34.7 Å². The van der Waals surface area contributed by atoms with Crippen LogP contribution in [0.1, 0.15) is 5.56 Å². The standard InChI is InChI=1S/C19H19F2N3O2S2/c1-24-17(13-5-7-14(25-2)8-6-13)22-23-19(24)27-11-12-4-9-16(28-18(20)21)15(10-12)26-3/h4-10,18H,11H2,1-3H3. The SMILES string of the molecule is COc1ccc(-c2nnc(SCc3ccc(SC(F)F)c(OC)c3)n2C)cc1. The summed E-state index contributed by atoms with van der Waals surface area (Å²) in [6.07, 6.45) is 0. The van der Waals surface area contributed by atoms with E-state index in [1.807, 2.05) is 41.9 Å². The number of methoxy groups -OCH3 is 2. The van der Waals surface area contributed by atoms with E-state index < -0.39 is 5.76 Å². The Hall–Kier alpha value is -2.26. The summed E-state index contributed by atoms with van der Waals surface area (Å²) < 4.78 is 37.6. The lowest BCUT2D eigenvalue weighted by Gasteiger charge is -2.10. The molecule has 148 valence electrons. The molecule has 0 atom stereocenters. The summed E-state index contributed by atoms with van der Waals surface area (Å²) in [5.41, 5.74) is 1.90. The number of halogens is 2. The highest BCUT2D eigenvalue weighted by Crippen LogP contribution is 2.35. The first-order valence-corrected chi connectivity index (χ1v) is 10.2. The molecule has 0 amide bonds. The van der Waals surface area contributed by atoms with Crippen LogP contribution in [0.15, 0.2) is 52.5 Å². The first-order chi connectivity index (χ1) is 13.5. The summed E-state index contributed by atoms with van der Waals surface area (Å²) >= 11 is 1.99. The molecule has 0 aliphatic heterocycles. The number of ether oxygens (including phenoxy) is 2. The van der Waals surface area contributed by atoms with Gasteiger partial charge in [0.2, 0.25) is 0 Å². The number of aromatic nitrogens is 3. The van der Waals surface area contributed by atoms with Crippen LogP contribution < -0.4 is 9.47 Å². The average Bonchev–Trinajstić information content (AvgIpc) is 3.07. The van der Waals surface area contributed by atoms with Gasteiger partial charge in [-0.2, -0.15) is 8.78 Å². The Bertz CT molecular complexity index is 933. The van der Waals surface area contributed by atoms with Crippen LogP contribution in [0.4, 0.5) is 8.78 Å². The highest BCUT2D eigenvalue weighted by Gasteiger charge is 2.14. The van der Waals surface area contributed by atoms with Crippen molar-refractivity contribution in [2.75, 3.05) is 14.2 Å². The Balaban J connectivity index is 1.72. The van der Waals surface area contributed by atoms with E-state index in [0.717, 1.165) is 27.9 Å². The number of benzene rings is 2. The molecule has 3 rings (SSSR count).